The predicted molar refractivity (Wildman–Crippen MR) is 79.5 cm³/mol. The molecule has 18 heavy (non-hydrogen) atoms. The molecule has 2 rings (SSSR count). The van der Waals surface area contributed by atoms with Crippen LogP contribution < -0.4 is 11.1 Å². The van der Waals surface area contributed by atoms with Crippen molar-refractivity contribution >= 4 is 34.4 Å². The molecule has 2 aromatic rings. The lowest BCUT2D eigenvalue weighted by molar-refractivity contribution is 0.872. The zero-order valence-electron chi connectivity index (χ0n) is 10.6. The maximum Gasteiger partial charge on any atom is 0.145 e. The lowest BCUT2D eigenvalue weighted by Gasteiger charge is -2.15. The Morgan fingerprint density at radius 2 is 2.11 bits per heavy atom. The molecule has 1 unspecified atom stereocenters. The van der Waals surface area contributed by atoms with Gasteiger partial charge < -0.3 is 11.1 Å². The summed E-state index contributed by atoms with van der Waals surface area (Å²) in [6, 6.07) is 4.07. The van der Waals surface area contributed by atoms with Gasteiger partial charge in [0, 0.05) is 9.75 Å². The van der Waals surface area contributed by atoms with Gasteiger partial charge in [-0.1, -0.05) is 11.6 Å². The average Bonchev–Trinajstić information content (AvgIpc) is 2.62. The van der Waals surface area contributed by atoms with Crippen LogP contribution in [-0.4, -0.2) is 4.98 Å². The standard InChI is InChI=1S/C13H16ClN3S/c1-7-4-11(9(3)18-7)8(2)17-13-12(14)5-10(15)6-16-13/h4-6,8H,15H2,1-3H3,(H,16,17). The number of anilines is 2. The summed E-state index contributed by atoms with van der Waals surface area (Å²) in [4.78, 5) is 6.85. The van der Waals surface area contributed by atoms with Gasteiger partial charge in [0.2, 0.25) is 0 Å². The van der Waals surface area contributed by atoms with Crippen LogP contribution >= 0.6 is 22.9 Å². The maximum absolute atomic E-state index is 6.10. The van der Waals surface area contributed by atoms with Crippen LogP contribution in [0.2, 0.25) is 5.02 Å². The fourth-order valence-corrected chi connectivity index (χ4v) is 3.17. The summed E-state index contributed by atoms with van der Waals surface area (Å²) in [7, 11) is 0. The molecule has 0 saturated heterocycles. The number of rotatable bonds is 3. The van der Waals surface area contributed by atoms with E-state index in [0.717, 1.165) is 0 Å². The van der Waals surface area contributed by atoms with Crippen molar-refractivity contribution in [2.75, 3.05) is 11.1 Å². The summed E-state index contributed by atoms with van der Waals surface area (Å²) < 4.78 is 0. The van der Waals surface area contributed by atoms with E-state index in [1.165, 1.54) is 15.3 Å². The van der Waals surface area contributed by atoms with E-state index in [0.29, 0.717) is 16.5 Å². The van der Waals surface area contributed by atoms with E-state index in [1.54, 1.807) is 23.6 Å². The molecule has 2 aromatic heterocycles. The number of thiophene rings is 1. The zero-order valence-corrected chi connectivity index (χ0v) is 12.2. The van der Waals surface area contributed by atoms with E-state index in [1.807, 2.05) is 0 Å². The topological polar surface area (TPSA) is 50.9 Å². The molecule has 0 aliphatic heterocycles. The van der Waals surface area contributed by atoms with Gasteiger partial charge in [-0.25, -0.2) is 4.98 Å². The molecule has 0 bridgehead atoms. The second-order valence-electron chi connectivity index (χ2n) is 4.33. The second-order valence-corrected chi connectivity index (χ2v) is 6.20. The number of aromatic nitrogens is 1. The molecule has 5 heteroatoms. The SMILES string of the molecule is Cc1cc(C(C)Nc2ncc(N)cc2Cl)c(C)s1. The molecule has 0 fully saturated rings. The number of nitrogens with two attached hydrogens (primary N) is 1. The minimum absolute atomic E-state index is 0.170. The number of nitrogen functional groups attached to an aromatic ring is 1. The first-order chi connectivity index (χ1) is 8.47. The highest BCUT2D eigenvalue weighted by atomic mass is 35.5. The molecule has 96 valence electrons. The van der Waals surface area contributed by atoms with Crippen molar-refractivity contribution in [3.8, 4) is 0 Å². The number of halogens is 1. The number of pyridine rings is 1. The van der Waals surface area contributed by atoms with Crippen LogP contribution in [0.15, 0.2) is 18.3 Å². The zero-order chi connectivity index (χ0) is 13.3. The maximum atomic E-state index is 6.10. The first-order valence-electron chi connectivity index (χ1n) is 5.72. The van der Waals surface area contributed by atoms with E-state index in [-0.39, 0.29) is 6.04 Å². The lowest BCUT2D eigenvalue weighted by atomic mass is 10.1. The van der Waals surface area contributed by atoms with Gasteiger partial charge in [-0.2, -0.15) is 0 Å². The van der Waals surface area contributed by atoms with Gasteiger partial charge in [0.15, 0.2) is 0 Å². The molecule has 0 aliphatic carbocycles. The van der Waals surface area contributed by atoms with E-state index < -0.39 is 0 Å². The minimum Gasteiger partial charge on any atom is -0.397 e. The summed E-state index contributed by atoms with van der Waals surface area (Å²) in [6.07, 6.45) is 1.60. The average molecular weight is 282 g/mol. The third-order valence-corrected chi connectivity index (χ3v) is 4.03. The molecule has 0 aromatic carbocycles. The van der Waals surface area contributed by atoms with Crippen LogP contribution in [0.3, 0.4) is 0 Å². The summed E-state index contributed by atoms with van der Waals surface area (Å²) in [6.45, 7) is 6.34. The van der Waals surface area contributed by atoms with Crippen LogP contribution in [0, 0.1) is 13.8 Å². The molecule has 0 aliphatic rings. The molecule has 3 N–H and O–H groups in total. The highest BCUT2D eigenvalue weighted by Crippen LogP contribution is 2.30. The molecule has 0 amide bonds. The van der Waals surface area contributed by atoms with Crippen LogP contribution in [0.25, 0.3) is 0 Å². The molecule has 0 radical (unpaired) electrons. The molecule has 2 heterocycles. The molecular weight excluding hydrogens is 266 g/mol. The van der Waals surface area contributed by atoms with Crippen LogP contribution in [0.4, 0.5) is 11.5 Å². The van der Waals surface area contributed by atoms with Gasteiger partial charge in [0.25, 0.3) is 0 Å². The second kappa shape index (κ2) is 5.16. The number of hydrogen-bond acceptors (Lipinski definition) is 4. The Morgan fingerprint density at radius 1 is 1.39 bits per heavy atom. The van der Waals surface area contributed by atoms with E-state index in [4.69, 9.17) is 17.3 Å². The fraction of sp³-hybridized carbons (Fsp3) is 0.308. The van der Waals surface area contributed by atoms with Crippen LogP contribution in [0.5, 0.6) is 0 Å². The number of hydrogen-bond donors (Lipinski definition) is 2. The van der Waals surface area contributed by atoms with Crippen molar-refractivity contribution in [2.24, 2.45) is 0 Å². The molecule has 3 nitrogen and oxygen atoms in total. The van der Waals surface area contributed by atoms with Gasteiger partial charge in [-0.05, 0) is 38.5 Å². The summed E-state index contributed by atoms with van der Waals surface area (Å²) in [5.41, 5.74) is 7.48. The van der Waals surface area contributed by atoms with E-state index >= 15 is 0 Å². The Balaban J connectivity index is 2.21. The smallest absolute Gasteiger partial charge is 0.145 e. The van der Waals surface area contributed by atoms with Crippen molar-refractivity contribution in [3.63, 3.8) is 0 Å². The highest BCUT2D eigenvalue weighted by Gasteiger charge is 2.13. The Kier molecular flexibility index (Phi) is 3.78. The summed E-state index contributed by atoms with van der Waals surface area (Å²) in [5, 5.41) is 3.86. The lowest BCUT2D eigenvalue weighted by Crippen LogP contribution is -2.08. The fourth-order valence-electron chi connectivity index (χ4n) is 1.92. The monoisotopic (exact) mass is 281 g/mol. The Labute approximate surface area is 116 Å². The van der Waals surface area contributed by atoms with Gasteiger partial charge in [-0.3, -0.25) is 0 Å². The van der Waals surface area contributed by atoms with Gasteiger partial charge in [-0.15, -0.1) is 11.3 Å². The molecule has 0 saturated carbocycles. The Hall–Kier alpha value is -1.26. The third-order valence-electron chi connectivity index (χ3n) is 2.76. The first-order valence-corrected chi connectivity index (χ1v) is 6.91. The summed E-state index contributed by atoms with van der Waals surface area (Å²) >= 11 is 7.91. The molecular formula is C13H16ClN3S. The van der Waals surface area contributed by atoms with Crippen molar-refractivity contribution in [1.82, 2.24) is 4.98 Å². The van der Waals surface area contributed by atoms with Gasteiger partial charge in [0.05, 0.1) is 22.9 Å². The predicted octanol–water partition coefficient (Wildman–Crippen LogP) is 4.17. The Morgan fingerprint density at radius 3 is 2.67 bits per heavy atom. The van der Waals surface area contributed by atoms with Gasteiger partial charge >= 0.3 is 0 Å². The largest absolute Gasteiger partial charge is 0.397 e. The number of aryl methyl sites for hydroxylation is 2. The van der Waals surface area contributed by atoms with Crippen LogP contribution in [-0.2, 0) is 0 Å². The van der Waals surface area contributed by atoms with E-state index in [9.17, 15) is 0 Å². The van der Waals surface area contributed by atoms with Gasteiger partial charge in [0.1, 0.15) is 5.82 Å². The minimum atomic E-state index is 0.170. The number of nitrogens with zero attached hydrogens (tertiary/aromatic N) is 1. The number of nitrogens with one attached hydrogen (secondary N) is 1. The molecule has 1 atom stereocenters. The quantitative estimate of drug-likeness (QED) is 0.888. The third kappa shape index (κ3) is 2.76. The van der Waals surface area contributed by atoms with Crippen molar-refractivity contribution in [1.29, 1.82) is 0 Å². The van der Waals surface area contributed by atoms with E-state index in [2.05, 4.69) is 37.1 Å². The first kappa shape index (κ1) is 13.2. The van der Waals surface area contributed by atoms with Crippen molar-refractivity contribution < 1.29 is 0 Å². The van der Waals surface area contributed by atoms with Crippen molar-refractivity contribution in [2.45, 2.75) is 26.8 Å². The highest BCUT2D eigenvalue weighted by molar-refractivity contribution is 7.12. The Bertz CT molecular complexity index is 565. The van der Waals surface area contributed by atoms with Crippen molar-refractivity contribution in [3.05, 3.63) is 38.7 Å². The molecule has 0 spiro atoms. The van der Waals surface area contributed by atoms with Crippen LogP contribution in [0.1, 0.15) is 28.3 Å². The summed E-state index contributed by atoms with van der Waals surface area (Å²) in [5.74, 6) is 0.668. The normalized spacial score (nSPS) is 12.4.